The quantitative estimate of drug-likeness (QED) is 0.679. The standard InChI is InChI=1S/C19H24ClN5O3S2/c1-22-14-17(19(26)24-10-12-29-13-11-24)18(21-22)30(27,28)25-8-6-23(7-9-25)16-4-2-15(20)3-5-16/h2-5,14H,6-13H2,1H3. The molecule has 1 aromatic carbocycles. The number of nitrogens with zero attached hydrogens (tertiary/aromatic N) is 5. The third-order valence-corrected chi connectivity index (χ3v) is 8.37. The average Bonchev–Trinajstić information content (AvgIpc) is 3.17. The van der Waals surface area contributed by atoms with Crippen molar-refractivity contribution in [1.29, 1.82) is 0 Å². The molecule has 1 amide bonds. The summed E-state index contributed by atoms with van der Waals surface area (Å²) in [6, 6.07) is 7.51. The number of anilines is 1. The number of sulfonamides is 1. The third-order valence-electron chi connectivity index (χ3n) is 5.34. The molecule has 11 heteroatoms. The first-order valence-corrected chi connectivity index (χ1v) is 12.7. The van der Waals surface area contributed by atoms with Crippen molar-refractivity contribution in [2.24, 2.45) is 7.05 Å². The van der Waals surface area contributed by atoms with E-state index in [0.29, 0.717) is 44.3 Å². The molecule has 0 bridgehead atoms. The van der Waals surface area contributed by atoms with Gasteiger partial charge in [-0.1, -0.05) is 11.6 Å². The molecule has 8 nitrogen and oxygen atoms in total. The van der Waals surface area contributed by atoms with Crippen LogP contribution < -0.4 is 4.90 Å². The lowest BCUT2D eigenvalue weighted by molar-refractivity contribution is 0.0768. The Morgan fingerprint density at radius 3 is 2.30 bits per heavy atom. The molecule has 162 valence electrons. The number of rotatable bonds is 4. The van der Waals surface area contributed by atoms with Gasteiger partial charge in [-0.2, -0.15) is 21.2 Å². The second-order valence-electron chi connectivity index (χ2n) is 7.29. The molecule has 2 aromatic rings. The van der Waals surface area contributed by atoms with Crippen LogP contribution >= 0.6 is 23.4 Å². The lowest BCUT2D eigenvalue weighted by atomic mass is 10.2. The predicted octanol–water partition coefficient (Wildman–Crippen LogP) is 1.77. The van der Waals surface area contributed by atoms with E-state index < -0.39 is 10.0 Å². The highest BCUT2D eigenvalue weighted by Crippen LogP contribution is 2.25. The Hall–Kier alpha value is -1.75. The zero-order chi connectivity index (χ0) is 21.3. The summed E-state index contributed by atoms with van der Waals surface area (Å²) in [5.74, 6) is 1.46. The molecule has 4 rings (SSSR count). The number of carbonyl (C=O) groups excluding carboxylic acids is 1. The van der Waals surface area contributed by atoms with E-state index in [1.165, 1.54) is 15.2 Å². The second kappa shape index (κ2) is 8.78. The minimum Gasteiger partial charge on any atom is -0.369 e. The maximum atomic E-state index is 13.3. The molecule has 0 saturated carbocycles. The van der Waals surface area contributed by atoms with Crippen LogP contribution in [0.15, 0.2) is 35.5 Å². The summed E-state index contributed by atoms with van der Waals surface area (Å²) in [4.78, 5) is 16.8. The zero-order valence-corrected chi connectivity index (χ0v) is 19.1. The van der Waals surface area contributed by atoms with Gasteiger partial charge >= 0.3 is 0 Å². The Labute approximate surface area is 185 Å². The van der Waals surface area contributed by atoms with Crippen LogP contribution in [-0.2, 0) is 17.1 Å². The highest BCUT2D eigenvalue weighted by atomic mass is 35.5. The van der Waals surface area contributed by atoms with Crippen LogP contribution in [0, 0.1) is 0 Å². The average molecular weight is 470 g/mol. The molecule has 0 radical (unpaired) electrons. The third kappa shape index (κ3) is 4.32. The van der Waals surface area contributed by atoms with E-state index in [1.54, 1.807) is 23.7 Å². The lowest BCUT2D eigenvalue weighted by Crippen LogP contribution is -2.49. The van der Waals surface area contributed by atoms with E-state index in [9.17, 15) is 13.2 Å². The van der Waals surface area contributed by atoms with Gasteiger partial charge in [-0.25, -0.2) is 8.42 Å². The van der Waals surface area contributed by atoms with Crippen LogP contribution in [0.3, 0.4) is 0 Å². The summed E-state index contributed by atoms with van der Waals surface area (Å²) in [7, 11) is -2.23. The second-order valence-corrected chi connectivity index (χ2v) is 10.8. The van der Waals surface area contributed by atoms with Gasteiger partial charge in [0.05, 0.1) is 5.56 Å². The Morgan fingerprint density at radius 1 is 1.03 bits per heavy atom. The van der Waals surface area contributed by atoms with Crippen molar-refractivity contribution in [1.82, 2.24) is 19.0 Å². The zero-order valence-electron chi connectivity index (χ0n) is 16.7. The fraction of sp³-hybridized carbons (Fsp3) is 0.474. The number of hydrogen-bond acceptors (Lipinski definition) is 6. The van der Waals surface area contributed by atoms with Crippen LogP contribution in [0.5, 0.6) is 0 Å². The van der Waals surface area contributed by atoms with E-state index in [0.717, 1.165) is 17.2 Å². The van der Waals surface area contributed by atoms with Gasteiger partial charge in [-0.3, -0.25) is 9.48 Å². The van der Waals surface area contributed by atoms with Crippen LogP contribution in [0.4, 0.5) is 5.69 Å². The van der Waals surface area contributed by atoms with Gasteiger partial charge in [0.15, 0.2) is 0 Å². The van der Waals surface area contributed by atoms with Crippen molar-refractivity contribution >= 4 is 45.0 Å². The number of halogens is 1. The molecule has 2 aliphatic heterocycles. The molecule has 2 saturated heterocycles. The normalized spacial score (nSPS) is 18.6. The first kappa shape index (κ1) is 21.5. The maximum absolute atomic E-state index is 13.3. The summed E-state index contributed by atoms with van der Waals surface area (Å²) in [6.07, 6.45) is 1.51. The Kier molecular flexibility index (Phi) is 6.29. The summed E-state index contributed by atoms with van der Waals surface area (Å²) in [5, 5.41) is 4.69. The molecule has 2 fully saturated rings. The number of hydrogen-bond donors (Lipinski definition) is 0. The van der Waals surface area contributed by atoms with E-state index in [-0.39, 0.29) is 16.5 Å². The molecule has 0 atom stereocenters. The van der Waals surface area contributed by atoms with Gasteiger partial charge in [0.1, 0.15) is 0 Å². The molecular formula is C19H24ClN5O3S2. The van der Waals surface area contributed by atoms with E-state index in [4.69, 9.17) is 11.6 Å². The van der Waals surface area contributed by atoms with E-state index in [1.807, 2.05) is 24.3 Å². The molecular weight excluding hydrogens is 446 g/mol. The lowest BCUT2D eigenvalue weighted by Gasteiger charge is -2.35. The topological polar surface area (TPSA) is 78.8 Å². The minimum atomic E-state index is -3.87. The first-order chi connectivity index (χ1) is 14.4. The van der Waals surface area contributed by atoms with Gasteiger partial charge in [-0.05, 0) is 24.3 Å². The van der Waals surface area contributed by atoms with E-state index >= 15 is 0 Å². The molecule has 30 heavy (non-hydrogen) atoms. The fourth-order valence-corrected chi connectivity index (χ4v) is 6.27. The Morgan fingerprint density at radius 2 is 1.67 bits per heavy atom. The molecule has 0 spiro atoms. The van der Waals surface area contributed by atoms with Crippen molar-refractivity contribution in [2.75, 3.05) is 55.7 Å². The number of amides is 1. The smallest absolute Gasteiger partial charge is 0.263 e. The van der Waals surface area contributed by atoms with Crippen molar-refractivity contribution < 1.29 is 13.2 Å². The minimum absolute atomic E-state index is 0.145. The van der Waals surface area contributed by atoms with Crippen molar-refractivity contribution in [3.63, 3.8) is 0 Å². The van der Waals surface area contributed by atoms with Crippen LogP contribution in [-0.4, -0.2) is 84.1 Å². The Balaban J connectivity index is 1.51. The molecule has 0 aliphatic carbocycles. The summed E-state index contributed by atoms with van der Waals surface area (Å²) < 4.78 is 29.5. The number of piperazine rings is 1. The highest BCUT2D eigenvalue weighted by molar-refractivity contribution is 7.99. The molecule has 0 N–H and O–H groups in total. The monoisotopic (exact) mass is 469 g/mol. The molecule has 3 heterocycles. The summed E-state index contributed by atoms with van der Waals surface area (Å²) in [6.45, 7) is 3.01. The van der Waals surface area contributed by atoms with Gasteiger partial charge < -0.3 is 9.80 Å². The summed E-state index contributed by atoms with van der Waals surface area (Å²) >= 11 is 7.75. The van der Waals surface area contributed by atoms with Gasteiger partial charge in [0, 0.05) is 74.7 Å². The molecule has 0 unspecified atom stereocenters. The SMILES string of the molecule is Cn1cc(C(=O)N2CCSCC2)c(S(=O)(=O)N2CCN(c3ccc(Cl)cc3)CC2)n1. The van der Waals surface area contributed by atoms with Gasteiger partial charge in [0.2, 0.25) is 5.03 Å². The number of carbonyl (C=O) groups is 1. The fourth-order valence-electron chi connectivity index (χ4n) is 3.70. The van der Waals surface area contributed by atoms with Crippen LogP contribution in [0.2, 0.25) is 5.02 Å². The van der Waals surface area contributed by atoms with Crippen LogP contribution in [0.25, 0.3) is 0 Å². The number of aryl methyl sites for hydroxylation is 1. The van der Waals surface area contributed by atoms with Crippen molar-refractivity contribution in [3.05, 3.63) is 41.0 Å². The maximum Gasteiger partial charge on any atom is 0.263 e. The first-order valence-electron chi connectivity index (χ1n) is 9.77. The largest absolute Gasteiger partial charge is 0.369 e. The molecule has 1 aromatic heterocycles. The highest BCUT2D eigenvalue weighted by Gasteiger charge is 2.35. The van der Waals surface area contributed by atoms with Crippen LogP contribution in [0.1, 0.15) is 10.4 Å². The van der Waals surface area contributed by atoms with Crippen molar-refractivity contribution in [2.45, 2.75) is 5.03 Å². The number of benzene rings is 1. The van der Waals surface area contributed by atoms with Gasteiger partial charge in [-0.15, -0.1) is 0 Å². The van der Waals surface area contributed by atoms with Gasteiger partial charge in [0.25, 0.3) is 15.9 Å². The summed E-state index contributed by atoms with van der Waals surface area (Å²) in [5.41, 5.74) is 1.16. The van der Waals surface area contributed by atoms with Crippen molar-refractivity contribution in [3.8, 4) is 0 Å². The number of aromatic nitrogens is 2. The van der Waals surface area contributed by atoms with E-state index in [2.05, 4.69) is 10.00 Å². The number of thioether (sulfide) groups is 1. The molecule has 2 aliphatic rings. The predicted molar refractivity (Wildman–Crippen MR) is 119 cm³/mol. The Bertz CT molecular complexity index is 1010.